The fourth-order valence-corrected chi connectivity index (χ4v) is 0.715. The van der Waals surface area contributed by atoms with Gasteiger partial charge in [-0.05, 0) is 13.0 Å². The Morgan fingerprint density at radius 1 is 1.73 bits per heavy atom. The maximum atomic E-state index is 9.29. The Kier molecular flexibility index (Phi) is 4.10. The summed E-state index contributed by atoms with van der Waals surface area (Å²) in [6.07, 6.45) is 0.948. The number of aliphatic hydroxyl groups is 1. The van der Waals surface area contributed by atoms with Crippen molar-refractivity contribution >= 4 is 12.4 Å². The van der Waals surface area contributed by atoms with E-state index in [0.717, 1.165) is 0 Å². The maximum absolute atomic E-state index is 9.29. The van der Waals surface area contributed by atoms with Gasteiger partial charge in [0.15, 0.2) is 0 Å². The van der Waals surface area contributed by atoms with Gasteiger partial charge >= 0.3 is 0 Å². The van der Waals surface area contributed by atoms with Crippen molar-refractivity contribution in [3.8, 4) is 0 Å². The minimum atomic E-state index is -0.637. The Morgan fingerprint density at radius 3 is 2.73 bits per heavy atom. The van der Waals surface area contributed by atoms with E-state index in [1.165, 1.54) is 0 Å². The largest absolute Gasteiger partial charge is 0.385 e. The second kappa shape index (κ2) is 4.33. The van der Waals surface area contributed by atoms with Crippen molar-refractivity contribution < 1.29 is 5.11 Å². The number of hydrogen-bond acceptors (Lipinski definition) is 3. The number of halogens is 1. The van der Waals surface area contributed by atoms with Gasteiger partial charge in [-0.2, -0.15) is 5.10 Å². The molecule has 0 amide bonds. The average molecular weight is 178 g/mol. The monoisotopic (exact) mass is 177 g/mol. The molecule has 0 aliphatic carbocycles. The summed E-state index contributed by atoms with van der Waals surface area (Å²) in [7, 11) is 0. The molecule has 0 saturated heterocycles. The minimum Gasteiger partial charge on any atom is -0.385 e. The van der Waals surface area contributed by atoms with E-state index in [0.29, 0.717) is 5.69 Å². The summed E-state index contributed by atoms with van der Waals surface area (Å²) in [6.45, 7) is 1.74. The third kappa shape index (κ3) is 2.49. The summed E-state index contributed by atoms with van der Waals surface area (Å²) in [5.41, 5.74) is 6.09. The lowest BCUT2D eigenvalue weighted by Gasteiger charge is -2.10. The number of nitrogens with two attached hydrogens (primary N) is 1. The van der Waals surface area contributed by atoms with E-state index in [1.54, 1.807) is 19.2 Å². The molecule has 0 saturated carbocycles. The molecule has 2 unspecified atom stereocenters. The van der Waals surface area contributed by atoms with E-state index in [2.05, 4.69) is 10.2 Å². The molecule has 5 heteroatoms. The quantitative estimate of drug-likeness (QED) is 0.605. The second-order valence-corrected chi connectivity index (χ2v) is 2.32. The Bertz CT molecular complexity index is 188. The predicted octanol–water partition coefficient (Wildman–Crippen LogP) is 0.212. The molecule has 4 N–H and O–H groups in total. The molecule has 2 atom stereocenters. The third-order valence-corrected chi connectivity index (χ3v) is 1.34. The molecule has 0 spiro atoms. The molecule has 1 rings (SSSR count). The number of rotatable bonds is 2. The zero-order valence-electron chi connectivity index (χ0n) is 6.19. The zero-order valence-corrected chi connectivity index (χ0v) is 7.01. The Balaban J connectivity index is 0.000001000. The smallest absolute Gasteiger partial charge is 0.110 e. The molecular weight excluding hydrogens is 166 g/mol. The van der Waals surface area contributed by atoms with Crippen LogP contribution < -0.4 is 5.73 Å². The Hall–Kier alpha value is -0.580. The van der Waals surface area contributed by atoms with E-state index in [4.69, 9.17) is 5.73 Å². The standard InChI is InChI=1S/C6H11N3O.ClH/c1-4(7)6(10)5-2-3-8-9-5;/h2-4,6,10H,7H2,1H3,(H,8,9);1H. The number of aromatic nitrogens is 2. The molecule has 1 aromatic heterocycles. The topological polar surface area (TPSA) is 74.9 Å². The van der Waals surface area contributed by atoms with Crippen LogP contribution in [0.25, 0.3) is 0 Å². The van der Waals surface area contributed by atoms with Crippen LogP contribution in [0.15, 0.2) is 12.3 Å². The fraction of sp³-hybridized carbons (Fsp3) is 0.500. The number of nitrogens with zero attached hydrogens (tertiary/aromatic N) is 1. The molecule has 0 radical (unpaired) electrons. The molecule has 11 heavy (non-hydrogen) atoms. The number of H-pyrrole nitrogens is 1. The highest BCUT2D eigenvalue weighted by molar-refractivity contribution is 5.85. The van der Waals surface area contributed by atoms with Crippen LogP contribution in [0.3, 0.4) is 0 Å². The maximum Gasteiger partial charge on any atom is 0.110 e. The SMILES string of the molecule is CC(N)C(O)c1ccn[nH]1.Cl. The van der Waals surface area contributed by atoms with Crippen LogP contribution >= 0.6 is 12.4 Å². The van der Waals surface area contributed by atoms with E-state index in [9.17, 15) is 5.11 Å². The van der Waals surface area contributed by atoms with Gasteiger partial charge in [-0.15, -0.1) is 12.4 Å². The Morgan fingerprint density at radius 2 is 2.36 bits per heavy atom. The summed E-state index contributed by atoms with van der Waals surface area (Å²) in [5.74, 6) is 0. The van der Waals surface area contributed by atoms with Gasteiger partial charge in [0.2, 0.25) is 0 Å². The molecule has 0 aliphatic heterocycles. The van der Waals surface area contributed by atoms with Gasteiger partial charge in [-0.1, -0.05) is 0 Å². The van der Waals surface area contributed by atoms with Crippen LogP contribution in [0, 0.1) is 0 Å². The zero-order chi connectivity index (χ0) is 7.56. The van der Waals surface area contributed by atoms with Crippen molar-refractivity contribution in [3.63, 3.8) is 0 Å². The summed E-state index contributed by atoms with van der Waals surface area (Å²) in [4.78, 5) is 0. The van der Waals surface area contributed by atoms with Crippen molar-refractivity contribution in [2.24, 2.45) is 5.73 Å². The lowest BCUT2D eigenvalue weighted by Crippen LogP contribution is -2.24. The van der Waals surface area contributed by atoms with Gasteiger partial charge in [-0.25, -0.2) is 0 Å². The molecule has 4 nitrogen and oxygen atoms in total. The first-order chi connectivity index (χ1) is 4.72. The van der Waals surface area contributed by atoms with Crippen LogP contribution in [0.2, 0.25) is 0 Å². The third-order valence-electron chi connectivity index (χ3n) is 1.34. The molecule has 1 heterocycles. The number of nitrogens with one attached hydrogen (secondary N) is 1. The molecule has 0 fully saturated rings. The van der Waals surface area contributed by atoms with Crippen molar-refractivity contribution in [2.45, 2.75) is 19.1 Å². The van der Waals surface area contributed by atoms with Gasteiger partial charge in [0, 0.05) is 12.2 Å². The van der Waals surface area contributed by atoms with Gasteiger partial charge in [0.05, 0.1) is 5.69 Å². The van der Waals surface area contributed by atoms with Crippen molar-refractivity contribution in [3.05, 3.63) is 18.0 Å². The Labute approximate surface area is 71.2 Å². The van der Waals surface area contributed by atoms with Gasteiger partial charge < -0.3 is 10.8 Å². The molecule has 0 aromatic carbocycles. The van der Waals surface area contributed by atoms with Gasteiger partial charge in [0.25, 0.3) is 0 Å². The second-order valence-electron chi connectivity index (χ2n) is 2.32. The highest BCUT2D eigenvalue weighted by Gasteiger charge is 2.12. The van der Waals surface area contributed by atoms with Gasteiger partial charge in [-0.3, -0.25) is 5.10 Å². The molecule has 64 valence electrons. The predicted molar refractivity (Wildman–Crippen MR) is 44.4 cm³/mol. The lowest BCUT2D eigenvalue weighted by molar-refractivity contribution is 0.148. The minimum absolute atomic E-state index is 0. The first-order valence-corrected chi connectivity index (χ1v) is 3.14. The highest BCUT2D eigenvalue weighted by atomic mass is 35.5. The fourth-order valence-electron chi connectivity index (χ4n) is 0.715. The van der Waals surface area contributed by atoms with Crippen LogP contribution in [0.1, 0.15) is 18.7 Å². The highest BCUT2D eigenvalue weighted by Crippen LogP contribution is 2.10. The van der Waals surface area contributed by atoms with Gasteiger partial charge in [0.1, 0.15) is 6.10 Å². The molecular formula is C6H12ClN3O. The van der Waals surface area contributed by atoms with E-state index in [-0.39, 0.29) is 18.4 Å². The lowest BCUT2D eigenvalue weighted by atomic mass is 10.1. The average Bonchev–Trinajstić information content (AvgIpc) is 2.36. The summed E-state index contributed by atoms with van der Waals surface area (Å²) in [6, 6.07) is 1.44. The van der Waals surface area contributed by atoms with Crippen LogP contribution in [0.5, 0.6) is 0 Å². The number of aliphatic hydroxyl groups excluding tert-OH is 1. The summed E-state index contributed by atoms with van der Waals surface area (Å²) in [5, 5.41) is 15.6. The summed E-state index contributed by atoms with van der Waals surface area (Å²) < 4.78 is 0. The van der Waals surface area contributed by atoms with Crippen LogP contribution in [-0.2, 0) is 0 Å². The molecule has 1 aromatic rings. The number of hydrogen-bond donors (Lipinski definition) is 3. The number of aromatic amines is 1. The first kappa shape index (κ1) is 10.4. The normalized spacial score (nSPS) is 15.2. The van der Waals surface area contributed by atoms with E-state index < -0.39 is 6.10 Å². The molecule has 0 aliphatic rings. The first-order valence-electron chi connectivity index (χ1n) is 3.14. The van der Waals surface area contributed by atoms with Crippen LogP contribution in [0.4, 0.5) is 0 Å². The van der Waals surface area contributed by atoms with Crippen LogP contribution in [-0.4, -0.2) is 21.3 Å². The van der Waals surface area contributed by atoms with Crippen molar-refractivity contribution in [2.75, 3.05) is 0 Å². The van der Waals surface area contributed by atoms with Crippen molar-refractivity contribution in [1.82, 2.24) is 10.2 Å². The van der Waals surface area contributed by atoms with E-state index >= 15 is 0 Å². The van der Waals surface area contributed by atoms with Crippen molar-refractivity contribution in [1.29, 1.82) is 0 Å². The summed E-state index contributed by atoms with van der Waals surface area (Å²) >= 11 is 0. The molecule has 0 bridgehead atoms. The van der Waals surface area contributed by atoms with E-state index in [1.807, 2.05) is 0 Å².